The van der Waals surface area contributed by atoms with Crippen LogP contribution in [0.1, 0.15) is 55.6 Å². The molecule has 32 heavy (non-hydrogen) atoms. The molecule has 1 aromatic carbocycles. The Morgan fingerprint density at radius 1 is 1.44 bits per heavy atom. The number of halogens is 1. The Bertz CT molecular complexity index is 1080. The van der Waals surface area contributed by atoms with E-state index in [0.29, 0.717) is 29.7 Å². The predicted octanol–water partition coefficient (Wildman–Crippen LogP) is 1.81. The fourth-order valence-electron chi connectivity index (χ4n) is 4.20. The zero-order valence-electron chi connectivity index (χ0n) is 17.5. The second kappa shape index (κ2) is 9.02. The van der Waals surface area contributed by atoms with Crippen LogP contribution in [0.3, 0.4) is 0 Å². The molecule has 9 heteroatoms. The number of piperidine rings is 1. The summed E-state index contributed by atoms with van der Waals surface area (Å²) in [6.45, 7) is 2.87. The maximum absolute atomic E-state index is 14.8. The number of alkyl halides is 1. The molecule has 1 amide bonds. The number of hydrogen-bond acceptors (Lipinski definition) is 7. The van der Waals surface area contributed by atoms with Crippen LogP contribution in [-0.2, 0) is 11.3 Å². The number of nitriles is 1. The lowest BCUT2D eigenvalue weighted by Crippen LogP contribution is -2.53. The normalized spacial score (nSPS) is 21.4. The molecule has 0 aliphatic carbocycles. The summed E-state index contributed by atoms with van der Waals surface area (Å²) < 4.78 is 19.8. The van der Waals surface area contributed by atoms with Gasteiger partial charge < -0.3 is 15.2 Å². The summed E-state index contributed by atoms with van der Waals surface area (Å²) >= 11 is 0. The van der Waals surface area contributed by atoms with Gasteiger partial charge in [-0.2, -0.15) is 5.26 Å². The summed E-state index contributed by atoms with van der Waals surface area (Å²) in [7, 11) is 0. The first-order valence-corrected chi connectivity index (χ1v) is 10.4. The summed E-state index contributed by atoms with van der Waals surface area (Å²) in [6, 6.07) is 7.58. The van der Waals surface area contributed by atoms with Gasteiger partial charge in [0, 0.05) is 31.4 Å². The van der Waals surface area contributed by atoms with E-state index in [-0.39, 0.29) is 31.4 Å². The largest absolute Gasteiger partial charge is 0.457 e. The molecule has 0 saturated carbocycles. The van der Waals surface area contributed by atoms with Crippen molar-refractivity contribution in [3.63, 3.8) is 0 Å². The first-order valence-electron chi connectivity index (χ1n) is 10.4. The minimum Gasteiger partial charge on any atom is -0.457 e. The number of cyclic esters (lactones) is 1. The summed E-state index contributed by atoms with van der Waals surface area (Å²) in [4.78, 5) is 29.8. The summed E-state index contributed by atoms with van der Waals surface area (Å²) in [5.41, 5.74) is 3.29. The minimum absolute atomic E-state index is 0.0778. The van der Waals surface area contributed by atoms with Gasteiger partial charge in [0.1, 0.15) is 24.5 Å². The van der Waals surface area contributed by atoms with E-state index in [2.05, 4.69) is 10.3 Å². The van der Waals surface area contributed by atoms with E-state index in [1.807, 2.05) is 17.9 Å². The average molecular weight is 438 g/mol. The third-order valence-corrected chi connectivity index (χ3v) is 6.07. The lowest BCUT2D eigenvalue weighted by atomic mass is 9.94. The second-order valence-corrected chi connectivity index (χ2v) is 8.09. The van der Waals surface area contributed by atoms with Gasteiger partial charge in [0.05, 0.1) is 23.3 Å². The van der Waals surface area contributed by atoms with Crippen molar-refractivity contribution in [2.24, 2.45) is 0 Å². The molecule has 0 spiro atoms. The fraction of sp³-hybridized carbons (Fsp3) is 0.391. The maximum atomic E-state index is 14.8. The number of hydrogen-bond donors (Lipinski definition) is 2. The van der Waals surface area contributed by atoms with Gasteiger partial charge in [0.15, 0.2) is 0 Å². The van der Waals surface area contributed by atoms with Crippen molar-refractivity contribution in [3.05, 3.63) is 64.0 Å². The summed E-state index contributed by atoms with van der Waals surface area (Å²) in [6.07, 6.45) is -0.446. The quantitative estimate of drug-likeness (QED) is 0.684. The number of carbonyl (C=O) groups is 2. The van der Waals surface area contributed by atoms with Gasteiger partial charge >= 0.3 is 5.97 Å². The molecular formula is C23H23FN4O4. The van der Waals surface area contributed by atoms with Crippen LogP contribution in [0.25, 0.3) is 0 Å². The molecule has 0 bridgehead atoms. The monoisotopic (exact) mass is 438 g/mol. The van der Waals surface area contributed by atoms with Crippen LogP contribution in [0.5, 0.6) is 0 Å². The molecule has 2 aliphatic heterocycles. The molecule has 4 rings (SSSR count). The van der Waals surface area contributed by atoms with Crippen LogP contribution in [-0.4, -0.2) is 58.7 Å². The molecule has 2 aromatic rings. The van der Waals surface area contributed by atoms with Gasteiger partial charge in [-0.25, -0.2) is 14.2 Å². The second-order valence-electron chi connectivity index (χ2n) is 8.09. The SMILES string of the molecule is Cc1c([C@@H](O)CN2CC[C@H](NC(=O)c3ccc(C#N)cn3)[C@H](F)C2)ccc2c1COC2=O. The van der Waals surface area contributed by atoms with Gasteiger partial charge in [-0.05, 0) is 42.7 Å². The summed E-state index contributed by atoms with van der Waals surface area (Å²) in [5, 5.41) is 22.2. The molecule has 1 fully saturated rings. The number of aliphatic hydroxyl groups excluding tert-OH is 1. The first kappa shape index (κ1) is 21.9. The van der Waals surface area contributed by atoms with E-state index >= 15 is 0 Å². The number of esters is 1. The Morgan fingerprint density at radius 3 is 2.94 bits per heavy atom. The van der Waals surface area contributed by atoms with Crippen LogP contribution >= 0.6 is 0 Å². The van der Waals surface area contributed by atoms with Crippen LogP contribution in [0, 0.1) is 18.3 Å². The Labute approximate surface area is 184 Å². The van der Waals surface area contributed by atoms with E-state index in [1.54, 1.807) is 12.1 Å². The topological polar surface area (TPSA) is 116 Å². The molecule has 3 atom stereocenters. The van der Waals surface area contributed by atoms with E-state index in [9.17, 15) is 19.1 Å². The van der Waals surface area contributed by atoms with Crippen LogP contribution in [0.4, 0.5) is 4.39 Å². The van der Waals surface area contributed by atoms with Crippen molar-refractivity contribution in [1.29, 1.82) is 5.26 Å². The van der Waals surface area contributed by atoms with Crippen molar-refractivity contribution >= 4 is 11.9 Å². The number of nitrogens with one attached hydrogen (secondary N) is 1. The smallest absolute Gasteiger partial charge is 0.338 e. The number of fused-ring (bicyclic) bond motifs is 1. The van der Waals surface area contributed by atoms with Crippen LogP contribution in [0.15, 0.2) is 30.5 Å². The molecule has 3 heterocycles. The van der Waals surface area contributed by atoms with E-state index in [1.165, 1.54) is 18.3 Å². The molecule has 1 aromatic heterocycles. The van der Waals surface area contributed by atoms with Crippen LogP contribution in [0.2, 0.25) is 0 Å². The van der Waals surface area contributed by atoms with Crippen molar-refractivity contribution in [1.82, 2.24) is 15.2 Å². The number of amides is 1. The minimum atomic E-state index is -1.30. The van der Waals surface area contributed by atoms with Gasteiger partial charge in [-0.1, -0.05) is 6.07 Å². The highest BCUT2D eigenvalue weighted by atomic mass is 19.1. The number of benzene rings is 1. The zero-order valence-corrected chi connectivity index (χ0v) is 17.5. The Kier molecular flexibility index (Phi) is 6.17. The van der Waals surface area contributed by atoms with Gasteiger partial charge in [-0.15, -0.1) is 0 Å². The molecule has 8 nitrogen and oxygen atoms in total. The standard InChI is InChI=1S/C23H23FN4O4/c1-13-15(3-4-16-17(13)12-32-23(16)31)21(29)11-28-7-6-19(18(24)10-28)27-22(30)20-5-2-14(8-25)9-26-20/h2-5,9,18-19,21,29H,6-7,10-12H2,1H3,(H,27,30)/t18-,19+,21+/m1/s1. The number of β-amino-alcohol motifs (C(OH)–C–C–N with tert-alkyl or cyclic N) is 1. The molecule has 166 valence electrons. The number of ether oxygens (including phenoxy) is 1. The lowest BCUT2D eigenvalue weighted by Gasteiger charge is -2.36. The molecule has 0 radical (unpaired) electrons. The first-order chi connectivity index (χ1) is 15.4. The maximum Gasteiger partial charge on any atom is 0.338 e. The van der Waals surface area contributed by atoms with Gasteiger partial charge in [-0.3, -0.25) is 9.69 Å². The number of rotatable bonds is 5. The third-order valence-electron chi connectivity index (χ3n) is 6.07. The molecule has 2 N–H and O–H groups in total. The fourth-order valence-corrected chi connectivity index (χ4v) is 4.20. The number of carbonyl (C=O) groups excluding carboxylic acids is 2. The van der Waals surface area contributed by atoms with Crippen molar-refractivity contribution in [2.75, 3.05) is 19.6 Å². The molecule has 1 saturated heterocycles. The Balaban J connectivity index is 1.34. The van der Waals surface area contributed by atoms with Crippen molar-refractivity contribution < 1.29 is 23.8 Å². The zero-order chi connectivity index (χ0) is 22.8. The number of aromatic nitrogens is 1. The average Bonchev–Trinajstić information content (AvgIpc) is 3.17. The van der Waals surface area contributed by atoms with Crippen molar-refractivity contribution in [3.8, 4) is 6.07 Å². The van der Waals surface area contributed by atoms with Crippen molar-refractivity contribution in [2.45, 2.75) is 38.3 Å². The molecule has 0 unspecified atom stereocenters. The number of pyridine rings is 1. The highest BCUT2D eigenvalue weighted by molar-refractivity contribution is 5.94. The molecule has 2 aliphatic rings. The number of aliphatic hydroxyl groups is 1. The highest BCUT2D eigenvalue weighted by Gasteiger charge is 2.32. The lowest BCUT2D eigenvalue weighted by molar-refractivity contribution is 0.0526. The summed E-state index contributed by atoms with van der Waals surface area (Å²) in [5.74, 6) is -0.842. The van der Waals surface area contributed by atoms with Gasteiger partial charge in [0.2, 0.25) is 0 Å². The van der Waals surface area contributed by atoms with Crippen LogP contribution < -0.4 is 5.32 Å². The van der Waals surface area contributed by atoms with Gasteiger partial charge in [0.25, 0.3) is 5.91 Å². The van der Waals surface area contributed by atoms with E-state index in [0.717, 1.165) is 11.1 Å². The predicted molar refractivity (Wildman–Crippen MR) is 111 cm³/mol. The number of nitrogens with zero attached hydrogens (tertiary/aromatic N) is 3. The number of likely N-dealkylation sites (tertiary alicyclic amines) is 1. The van der Waals surface area contributed by atoms with E-state index in [4.69, 9.17) is 10.00 Å². The Morgan fingerprint density at radius 2 is 2.25 bits per heavy atom. The third kappa shape index (κ3) is 4.33. The Hall–Kier alpha value is -3.35. The van der Waals surface area contributed by atoms with E-state index < -0.39 is 24.2 Å². The highest BCUT2D eigenvalue weighted by Crippen LogP contribution is 2.30. The molecular weight excluding hydrogens is 415 g/mol.